The first kappa shape index (κ1) is 18.5. The van der Waals surface area contributed by atoms with Crippen LogP contribution < -0.4 is 15.3 Å². The summed E-state index contributed by atoms with van der Waals surface area (Å²) in [7, 11) is 0. The van der Waals surface area contributed by atoms with Crippen molar-refractivity contribution in [2.45, 2.75) is 0 Å². The first-order valence-electron chi connectivity index (χ1n) is 8.56. The summed E-state index contributed by atoms with van der Waals surface area (Å²) >= 11 is 5.86. The van der Waals surface area contributed by atoms with Gasteiger partial charge in [0.1, 0.15) is 5.70 Å². The number of nitrogens with zero attached hydrogens (tertiary/aromatic N) is 2. The second-order valence-corrected chi connectivity index (χ2v) is 6.68. The lowest BCUT2D eigenvalue weighted by Gasteiger charge is -2.11. The highest BCUT2D eigenvalue weighted by Gasteiger charge is 2.35. The van der Waals surface area contributed by atoms with Gasteiger partial charge in [-0.05, 0) is 60.2 Å². The van der Waals surface area contributed by atoms with Crippen molar-refractivity contribution in [3.05, 3.63) is 88.8 Å². The Balaban J connectivity index is 1.68. The lowest BCUT2D eigenvalue weighted by Crippen LogP contribution is -2.30. The fourth-order valence-corrected chi connectivity index (χ4v) is 3.16. The van der Waals surface area contributed by atoms with E-state index in [0.29, 0.717) is 22.1 Å². The minimum absolute atomic E-state index is 0.0361. The molecular weight excluding hydrogens is 394 g/mol. The molecule has 1 saturated heterocycles. The Morgan fingerprint density at radius 1 is 1.00 bits per heavy atom. The summed E-state index contributed by atoms with van der Waals surface area (Å²) in [5.74, 6) is -1.79. The van der Waals surface area contributed by atoms with Crippen molar-refractivity contribution >= 4 is 41.3 Å². The third kappa shape index (κ3) is 3.51. The van der Waals surface area contributed by atoms with Gasteiger partial charge in [0.2, 0.25) is 0 Å². The molecule has 1 aliphatic rings. The maximum Gasteiger partial charge on any atom is 0.333 e. The molecule has 1 aromatic heterocycles. The predicted molar refractivity (Wildman–Crippen MR) is 106 cm³/mol. The molecule has 3 aromatic rings. The van der Waals surface area contributed by atoms with Crippen LogP contribution >= 0.6 is 11.6 Å². The Morgan fingerprint density at radius 2 is 1.76 bits per heavy atom. The minimum atomic E-state index is -1.28. The van der Waals surface area contributed by atoms with Crippen LogP contribution in [0.5, 0.6) is 0 Å². The van der Waals surface area contributed by atoms with E-state index in [1.807, 2.05) is 0 Å². The maximum absolute atomic E-state index is 12.8. The van der Waals surface area contributed by atoms with Crippen LogP contribution in [0.1, 0.15) is 16.1 Å². The molecule has 0 aliphatic carbocycles. The zero-order valence-corrected chi connectivity index (χ0v) is 15.6. The number of aromatic nitrogens is 1. The summed E-state index contributed by atoms with van der Waals surface area (Å²) in [6.07, 6.45) is 3.25. The van der Waals surface area contributed by atoms with Crippen LogP contribution in [-0.2, 0) is 4.79 Å². The van der Waals surface area contributed by atoms with Gasteiger partial charge in [-0.25, -0.2) is 9.69 Å². The van der Waals surface area contributed by atoms with Crippen molar-refractivity contribution in [1.82, 2.24) is 9.88 Å². The number of hydrogen-bond acceptors (Lipinski definition) is 4. The first-order valence-corrected chi connectivity index (χ1v) is 8.94. The highest BCUT2D eigenvalue weighted by atomic mass is 35.5. The molecule has 4 rings (SSSR count). The molecule has 2 aromatic carbocycles. The normalized spacial score (nSPS) is 15.1. The largest absolute Gasteiger partial charge is 0.545 e. The fourth-order valence-electron chi connectivity index (χ4n) is 3.04. The molecule has 1 N–H and O–H groups in total. The number of carboxylic acid groups (broad SMARTS) is 1. The van der Waals surface area contributed by atoms with Crippen molar-refractivity contribution < 1.29 is 19.5 Å². The number of anilines is 1. The lowest BCUT2D eigenvalue weighted by atomic mass is 10.2. The van der Waals surface area contributed by atoms with Crippen LogP contribution in [0, 0.1) is 0 Å². The molecule has 0 atom stereocenters. The fraction of sp³-hybridized carbons (Fsp3) is 0. The van der Waals surface area contributed by atoms with Crippen LogP contribution in [0.4, 0.5) is 10.5 Å². The second kappa shape index (κ2) is 7.29. The van der Waals surface area contributed by atoms with E-state index in [9.17, 15) is 19.5 Å². The molecule has 3 amide bonds. The van der Waals surface area contributed by atoms with Crippen molar-refractivity contribution in [1.29, 1.82) is 0 Å². The number of imide groups is 1. The number of nitrogens with one attached hydrogen (secondary N) is 1. The van der Waals surface area contributed by atoms with Gasteiger partial charge in [-0.1, -0.05) is 23.7 Å². The number of halogens is 1. The molecule has 1 aliphatic heterocycles. The van der Waals surface area contributed by atoms with E-state index in [2.05, 4.69) is 5.32 Å². The number of amides is 3. The Bertz CT molecular complexity index is 1160. The number of carbonyl (C=O) groups excluding carboxylic acids is 3. The zero-order valence-electron chi connectivity index (χ0n) is 14.8. The van der Waals surface area contributed by atoms with E-state index in [1.165, 1.54) is 18.2 Å². The second-order valence-electron chi connectivity index (χ2n) is 6.25. The predicted octanol–water partition coefficient (Wildman–Crippen LogP) is 2.59. The van der Waals surface area contributed by atoms with Crippen LogP contribution in [0.25, 0.3) is 11.8 Å². The Kier molecular flexibility index (Phi) is 4.66. The minimum Gasteiger partial charge on any atom is -0.545 e. The molecule has 144 valence electrons. The van der Waals surface area contributed by atoms with E-state index >= 15 is 0 Å². The molecule has 0 saturated carbocycles. The molecule has 1 fully saturated rings. The Hall–Kier alpha value is -3.84. The van der Waals surface area contributed by atoms with E-state index in [1.54, 1.807) is 59.3 Å². The van der Waals surface area contributed by atoms with Gasteiger partial charge in [-0.2, -0.15) is 0 Å². The number of rotatable bonds is 4. The van der Waals surface area contributed by atoms with E-state index < -0.39 is 17.9 Å². The van der Waals surface area contributed by atoms with Crippen LogP contribution in [0.2, 0.25) is 5.02 Å². The highest BCUT2D eigenvalue weighted by molar-refractivity contribution is 6.31. The average molecular weight is 407 g/mol. The monoisotopic (exact) mass is 406 g/mol. The standard InChI is InChI=1S/C21H14ClN3O4/c22-14-6-8-15(9-7-14)25-19(26)18(23-21(25)29)12-17-5-2-10-24(17)16-4-1-3-13(11-16)20(27)28/h1-12H,(H,23,29)(H,27,28)/p-1/b18-12+. The topological polar surface area (TPSA) is 94.5 Å². The molecule has 0 spiro atoms. The molecule has 2 heterocycles. The Labute approximate surface area is 170 Å². The van der Waals surface area contributed by atoms with Crippen molar-refractivity contribution in [2.75, 3.05) is 4.90 Å². The van der Waals surface area contributed by atoms with Gasteiger partial charge >= 0.3 is 6.03 Å². The highest BCUT2D eigenvalue weighted by Crippen LogP contribution is 2.24. The number of benzene rings is 2. The molecule has 0 unspecified atom stereocenters. The molecule has 7 nitrogen and oxygen atoms in total. The van der Waals surface area contributed by atoms with Gasteiger partial charge in [0, 0.05) is 22.6 Å². The van der Waals surface area contributed by atoms with Gasteiger partial charge in [-0.15, -0.1) is 0 Å². The van der Waals surface area contributed by atoms with Crippen LogP contribution in [0.15, 0.2) is 72.6 Å². The van der Waals surface area contributed by atoms with Gasteiger partial charge in [0.05, 0.1) is 11.7 Å². The van der Waals surface area contributed by atoms with Crippen molar-refractivity contribution in [3.8, 4) is 5.69 Å². The third-order valence-electron chi connectivity index (χ3n) is 4.40. The molecule has 8 heteroatoms. The molecule has 0 bridgehead atoms. The smallest absolute Gasteiger partial charge is 0.333 e. The van der Waals surface area contributed by atoms with Gasteiger partial charge in [0.15, 0.2) is 0 Å². The number of urea groups is 1. The quantitative estimate of drug-likeness (QED) is 0.532. The maximum atomic E-state index is 12.8. The van der Waals surface area contributed by atoms with E-state index in [4.69, 9.17) is 11.6 Å². The first-order chi connectivity index (χ1) is 13.9. The van der Waals surface area contributed by atoms with Crippen molar-refractivity contribution in [2.24, 2.45) is 0 Å². The Morgan fingerprint density at radius 3 is 2.48 bits per heavy atom. The van der Waals surface area contributed by atoms with Crippen LogP contribution in [0.3, 0.4) is 0 Å². The molecular formula is C21H13ClN3O4-. The summed E-state index contributed by atoms with van der Waals surface area (Å²) in [5, 5.41) is 14.2. The summed E-state index contributed by atoms with van der Waals surface area (Å²) in [6, 6.07) is 15.5. The van der Waals surface area contributed by atoms with Gasteiger partial charge in [0.25, 0.3) is 5.91 Å². The molecule has 29 heavy (non-hydrogen) atoms. The number of hydrogen-bond donors (Lipinski definition) is 1. The van der Waals surface area contributed by atoms with E-state index in [-0.39, 0.29) is 11.3 Å². The van der Waals surface area contributed by atoms with E-state index in [0.717, 1.165) is 4.90 Å². The van der Waals surface area contributed by atoms with Gasteiger partial charge in [-0.3, -0.25) is 4.79 Å². The van der Waals surface area contributed by atoms with Crippen LogP contribution in [-0.4, -0.2) is 22.5 Å². The zero-order chi connectivity index (χ0) is 20.5. The summed E-state index contributed by atoms with van der Waals surface area (Å²) in [5.41, 5.74) is 1.70. The number of carbonyl (C=O) groups is 3. The van der Waals surface area contributed by atoms with Gasteiger partial charge < -0.3 is 19.8 Å². The van der Waals surface area contributed by atoms with Crippen molar-refractivity contribution in [3.63, 3.8) is 0 Å². The summed E-state index contributed by atoms with van der Waals surface area (Å²) in [6.45, 7) is 0. The summed E-state index contributed by atoms with van der Waals surface area (Å²) in [4.78, 5) is 37.2. The third-order valence-corrected chi connectivity index (χ3v) is 4.65. The summed E-state index contributed by atoms with van der Waals surface area (Å²) < 4.78 is 1.70. The molecule has 0 radical (unpaired) electrons. The number of carboxylic acids is 1. The lowest BCUT2D eigenvalue weighted by molar-refractivity contribution is -0.255. The number of aromatic carboxylic acids is 1. The average Bonchev–Trinajstić information content (AvgIpc) is 3.27. The SMILES string of the molecule is O=C([O-])c1cccc(-n2cccc2/C=C2/NC(=O)N(c3ccc(Cl)cc3)C2=O)c1.